The Morgan fingerprint density at radius 2 is 1.54 bits per heavy atom. The number of carbonyl (C=O) groups excluding carboxylic acids is 2. The van der Waals surface area contributed by atoms with Gasteiger partial charge >= 0.3 is 0 Å². The van der Waals surface area contributed by atoms with Crippen LogP contribution in [0.25, 0.3) is 0 Å². The van der Waals surface area contributed by atoms with Crippen LogP contribution in [0.2, 0.25) is 0 Å². The predicted octanol–water partition coefficient (Wildman–Crippen LogP) is 2.52. The third-order valence-corrected chi connectivity index (χ3v) is 4.38. The topological polar surface area (TPSA) is 40.6 Å². The molecule has 0 atom stereocenters. The Morgan fingerprint density at radius 1 is 0.875 bits per heavy atom. The van der Waals surface area contributed by atoms with Crippen LogP contribution in [0.5, 0.6) is 0 Å². The molecule has 4 nitrogen and oxygen atoms in total. The van der Waals surface area contributed by atoms with Crippen LogP contribution in [-0.4, -0.2) is 47.8 Å². The fraction of sp³-hybridized carbons (Fsp3) is 0.300. The smallest absolute Gasteiger partial charge is 0.253 e. The molecule has 0 aromatic heterocycles. The third kappa shape index (κ3) is 3.82. The monoisotopic (exact) mass is 322 g/mol. The first-order valence-electron chi connectivity index (χ1n) is 8.31. The van der Waals surface area contributed by atoms with Crippen molar-refractivity contribution in [3.8, 4) is 0 Å². The highest BCUT2D eigenvalue weighted by Gasteiger charge is 2.24. The van der Waals surface area contributed by atoms with Crippen LogP contribution in [0.3, 0.4) is 0 Å². The molecule has 0 unspecified atom stereocenters. The molecule has 24 heavy (non-hydrogen) atoms. The average molecular weight is 322 g/mol. The molecule has 4 heteroatoms. The van der Waals surface area contributed by atoms with Crippen LogP contribution in [-0.2, 0) is 11.2 Å². The molecule has 0 radical (unpaired) electrons. The molecule has 0 aliphatic carbocycles. The first-order valence-corrected chi connectivity index (χ1v) is 8.31. The van der Waals surface area contributed by atoms with E-state index in [0.717, 1.165) is 16.7 Å². The summed E-state index contributed by atoms with van der Waals surface area (Å²) in [4.78, 5) is 28.6. The van der Waals surface area contributed by atoms with Gasteiger partial charge in [-0.1, -0.05) is 48.0 Å². The van der Waals surface area contributed by atoms with E-state index in [0.29, 0.717) is 32.6 Å². The van der Waals surface area contributed by atoms with E-state index in [1.165, 1.54) is 0 Å². The van der Waals surface area contributed by atoms with Gasteiger partial charge in [-0.3, -0.25) is 9.59 Å². The van der Waals surface area contributed by atoms with Crippen LogP contribution in [0.15, 0.2) is 54.6 Å². The summed E-state index contributed by atoms with van der Waals surface area (Å²) in [6.45, 7) is 4.37. The van der Waals surface area contributed by atoms with Gasteiger partial charge in [0.1, 0.15) is 0 Å². The summed E-state index contributed by atoms with van der Waals surface area (Å²) >= 11 is 0. The summed E-state index contributed by atoms with van der Waals surface area (Å²) in [5.74, 6) is 0.178. The highest BCUT2D eigenvalue weighted by atomic mass is 16.2. The second-order valence-electron chi connectivity index (χ2n) is 6.20. The third-order valence-electron chi connectivity index (χ3n) is 4.38. The summed E-state index contributed by atoms with van der Waals surface area (Å²) in [5, 5.41) is 0. The van der Waals surface area contributed by atoms with Crippen LogP contribution in [0.1, 0.15) is 21.5 Å². The number of nitrogens with zero attached hydrogens (tertiary/aromatic N) is 2. The summed E-state index contributed by atoms with van der Waals surface area (Å²) in [6, 6.07) is 17.4. The zero-order valence-corrected chi connectivity index (χ0v) is 13.9. The number of rotatable bonds is 3. The number of aryl methyl sites for hydroxylation is 1. The number of benzene rings is 2. The van der Waals surface area contributed by atoms with E-state index in [9.17, 15) is 9.59 Å². The van der Waals surface area contributed by atoms with Crippen molar-refractivity contribution in [3.63, 3.8) is 0 Å². The highest BCUT2D eigenvalue weighted by Crippen LogP contribution is 2.12. The molecule has 1 aliphatic rings. The molecule has 124 valence electrons. The molecule has 0 saturated carbocycles. The summed E-state index contributed by atoms with van der Waals surface area (Å²) in [5.41, 5.74) is 2.83. The van der Waals surface area contributed by atoms with E-state index in [4.69, 9.17) is 0 Å². The number of amides is 2. The van der Waals surface area contributed by atoms with Gasteiger partial charge in [-0.2, -0.15) is 0 Å². The van der Waals surface area contributed by atoms with Crippen molar-refractivity contribution >= 4 is 11.8 Å². The lowest BCUT2D eigenvalue weighted by molar-refractivity contribution is -0.131. The van der Waals surface area contributed by atoms with Crippen molar-refractivity contribution in [3.05, 3.63) is 71.3 Å². The van der Waals surface area contributed by atoms with Gasteiger partial charge < -0.3 is 9.80 Å². The molecule has 0 spiro atoms. The standard InChI is InChI=1S/C20H22N2O2/c1-16-6-5-9-18(14-16)20(24)22-12-10-21(11-13-22)19(23)15-17-7-3-2-4-8-17/h2-9,14H,10-13,15H2,1H3. The van der Waals surface area contributed by atoms with Gasteiger partial charge in [-0.05, 0) is 24.6 Å². The Bertz CT molecular complexity index is 719. The van der Waals surface area contributed by atoms with Crippen LogP contribution in [0, 0.1) is 6.92 Å². The number of carbonyl (C=O) groups is 2. The summed E-state index contributed by atoms with van der Waals surface area (Å²) in [6.07, 6.45) is 0.423. The largest absolute Gasteiger partial charge is 0.339 e. The van der Waals surface area contributed by atoms with Crippen LogP contribution in [0.4, 0.5) is 0 Å². The van der Waals surface area contributed by atoms with E-state index in [1.807, 2.05) is 71.3 Å². The minimum atomic E-state index is 0.0499. The van der Waals surface area contributed by atoms with Gasteiger partial charge in [0.2, 0.25) is 5.91 Å². The maximum atomic E-state index is 12.5. The van der Waals surface area contributed by atoms with Crippen molar-refractivity contribution in [2.24, 2.45) is 0 Å². The van der Waals surface area contributed by atoms with Crippen LogP contribution < -0.4 is 0 Å². The maximum absolute atomic E-state index is 12.5. The molecule has 1 aliphatic heterocycles. The Labute approximate surface area is 142 Å². The zero-order valence-electron chi connectivity index (χ0n) is 13.9. The molecule has 1 heterocycles. The highest BCUT2D eigenvalue weighted by molar-refractivity contribution is 5.94. The average Bonchev–Trinajstić information content (AvgIpc) is 2.62. The SMILES string of the molecule is Cc1cccc(C(=O)N2CCN(C(=O)Cc3ccccc3)CC2)c1. The van der Waals surface area contributed by atoms with Gasteiger partial charge in [0.15, 0.2) is 0 Å². The summed E-state index contributed by atoms with van der Waals surface area (Å²) in [7, 11) is 0. The fourth-order valence-electron chi connectivity index (χ4n) is 3.00. The fourth-order valence-corrected chi connectivity index (χ4v) is 3.00. The lowest BCUT2D eigenvalue weighted by atomic mass is 10.1. The molecule has 0 N–H and O–H groups in total. The van der Waals surface area contributed by atoms with Gasteiger partial charge in [0.25, 0.3) is 5.91 Å². The number of hydrogen-bond donors (Lipinski definition) is 0. The van der Waals surface area contributed by atoms with Crippen molar-refractivity contribution in [2.45, 2.75) is 13.3 Å². The van der Waals surface area contributed by atoms with Crippen molar-refractivity contribution in [1.29, 1.82) is 0 Å². The van der Waals surface area contributed by atoms with Gasteiger partial charge in [-0.25, -0.2) is 0 Å². The van der Waals surface area contributed by atoms with Crippen molar-refractivity contribution in [2.75, 3.05) is 26.2 Å². The molecular formula is C20H22N2O2. The predicted molar refractivity (Wildman–Crippen MR) is 93.8 cm³/mol. The van der Waals surface area contributed by atoms with E-state index in [-0.39, 0.29) is 11.8 Å². The first kappa shape index (κ1) is 16.2. The molecule has 3 rings (SSSR count). The van der Waals surface area contributed by atoms with Crippen molar-refractivity contribution < 1.29 is 9.59 Å². The molecule has 2 amide bonds. The second-order valence-corrected chi connectivity index (χ2v) is 6.20. The number of piperazine rings is 1. The second kappa shape index (κ2) is 7.30. The molecule has 1 saturated heterocycles. The Balaban J connectivity index is 1.55. The molecule has 0 bridgehead atoms. The van der Waals surface area contributed by atoms with Gasteiger partial charge in [0.05, 0.1) is 6.42 Å². The lowest BCUT2D eigenvalue weighted by Gasteiger charge is -2.35. The molecular weight excluding hydrogens is 300 g/mol. The molecule has 1 fully saturated rings. The minimum Gasteiger partial charge on any atom is -0.339 e. The first-order chi connectivity index (χ1) is 11.6. The Morgan fingerprint density at radius 3 is 2.21 bits per heavy atom. The van der Waals surface area contributed by atoms with E-state index in [1.54, 1.807) is 0 Å². The van der Waals surface area contributed by atoms with E-state index >= 15 is 0 Å². The van der Waals surface area contributed by atoms with Gasteiger partial charge in [0, 0.05) is 31.7 Å². The Hall–Kier alpha value is -2.62. The minimum absolute atomic E-state index is 0.0499. The quantitative estimate of drug-likeness (QED) is 0.871. The lowest BCUT2D eigenvalue weighted by Crippen LogP contribution is -2.51. The molecule has 2 aromatic rings. The zero-order chi connectivity index (χ0) is 16.9. The van der Waals surface area contributed by atoms with Crippen molar-refractivity contribution in [1.82, 2.24) is 9.80 Å². The summed E-state index contributed by atoms with van der Waals surface area (Å²) < 4.78 is 0. The van der Waals surface area contributed by atoms with E-state index in [2.05, 4.69) is 0 Å². The normalized spacial score (nSPS) is 14.5. The van der Waals surface area contributed by atoms with E-state index < -0.39 is 0 Å². The number of hydrogen-bond acceptors (Lipinski definition) is 2. The molecule has 2 aromatic carbocycles. The van der Waals surface area contributed by atoms with Crippen LogP contribution >= 0.6 is 0 Å². The Kier molecular flexibility index (Phi) is 4.94. The maximum Gasteiger partial charge on any atom is 0.253 e. The van der Waals surface area contributed by atoms with Gasteiger partial charge in [-0.15, -0.1) is 0 Å².